The first kappa shape index (κ1) is 109. The average molecular weight is 2530 g/mol. The number of nitrogens with two attached hydrogens (primary N) is 1. The summed E-state index contributed by atoms with van der Waals surface area (Å²) in [4.78, 5) is 94.6. The Morgan fingerprint density at radius 2 is 0.755 bits per heavy atom. The van der Waals surface area contributed by atoms with Gasteiger partial charge in [-0.3, -0.25) is 28.6 Å². The standard InChI is InChI=1S/C23H36FIN4O6.C19H26F3IN2O4.C16H24INO3.C8H15FN2O3.I6.H3N/c1-22(2,3)35-21(33)27-16(11-14-7-9-15(25)10-8-14)17(30)12-26-29-19(31)18(23(4,5)13-24)28-20(32)34-6;1-5-14(26)13(10-11-6-8-12(23)9-7-11)24-16(27)15(25-17(28)29-4)18(2,3)19(20,21)22;1-5-14(19)13(18-15(20)21-16(2,3)4)10-11-6-8-12(17)9-7-11;1-8(2,4-9)5(6(10)12)11-7(13)14-3;1-5(2)6(3)4;/h7-10,16-18,26,30H,11-13H2,1-6H3,(H,27,33)(H,28,32)(H,29,31);6-9,13-15,26H,5,10H2,1-4H3,(H,24,27)(H,25,28);6-9,13-14,19H,5,10H2,1-4H3,(H,18,20);5H,4H2,1-3H3,(H2,10,12)(H,11,13);;1H3/t16-,17-,18+;13-,14-,15+;13-,14-;5-;;/m0001../s1. The van der Waals surface area contributed by atoms with Crippen LogP contribution in [0.4, 0.5) is 45.9 Å². The second kappa shape index (κ2) is 53.5. The van der Waals surface area contributed by atoms with Gasteiger partial charge in [-0.2, -0.15) is 13.2 Å². The number of amides is 8. The molecule has 0 radical (unpaired) electrons. The number of carbonyl (C=O) groups is 8. The van der Waals surface area contributed by atoms with E-state index in [9.17, 15) is 75.6 Å². The zero-order valence-electron chi connectivity index (χ0n) is 62.0. The van der Waals surface area contributed by atoms with E-state index in [1.807, 2.05) is 106 Å². The molecule has 0 unspecified atom stereocenters. The van der Waals surface area contributed by atoms with Crippen LogP contribution in [0.15, 0.2) is 72.8 Å². The number of benzene rings is 3. The van der Waals surface area contributed by atoms with Crippen molar-refractivity contribution in [1.82, 2.24) is 48.9 Å². The molecule has 8 amide bonds. The van der Waals surface area contributed by atoms with Gasteiger partial charge in [0, 0.05) is 28.1 Å². The van der Waals surface area contributed by atoms with Gasteiger partial charge in [0.2, 0.25) is 11.8 Å². The van der Waals surface area contributed by atoms with Gasteiger partial charge in [-0.25, -0.2) is 29.4 Å². The van der Waals surface area contributed by atoms with Crippen LogP contribution in [0.2, 0.25) is 0 Å². The summed E-state index contributed by atoms with van der Waals surface area (Å²) in [5.41, 5.74) is 6.64. The van der Waals surface area contributed by atoms with Gasteiger partial charge < -0.3 is 82.8 Å². The summed E-state index contributed by atoms with van der Waals surface area (Å²) in [6.07, 6.45) is -9.58. The number of carbonyl (C=O) groups excluding carboxylic acids is 8. The first-order valence-corrected chi connectivity index (χ1v) is 66.6. The van der Waals surface area contributed by atoms with Crippen LogP contribution in [-0.2, 0) is 57.3 Å². The van der Waals surface area contributed by atoms with E-state index in [4.69, 9.17) is 15.2 Å². The van der Waals surface area contributed by atoms with Gasteiger partial charge >= 0.3 is 127 Å². The number of nitrogens with one attached hydrogen (secondary N) is 8. The fourth-order valence-electron chi connectivity index (χ4n) is 8.37. The molecule has 0 aliphatic carbocycles. The third kappa shape index (κ3) is 46.0. The Hall–Kier alpha value is -1.56. The van der Waals surface area contributed by atoms with Crippen LogP contribution in [0.25, 0.3) is 0 Å². The predicted octanol–water partition coefficient (Wildman–Crippen LogP) is 15.0. The number of hydrogen-bond acceptors (Lipinski definition) is 18. The molecule has 3 aromatic carbocycles. The summed E-state index contributed by atoms with van der Waals surface area (Å²) in [7, 11) is 2.64. The van der Waals surface area contributed by atoms with Crippen molar-refractivity contribution in [3.63, 3.8) is 0 Å². The van der Waals surface area contributed by atoms with E-state index in [-0.39, 0.29) is 47.4 Å². The number of alkyl halides is 5. The molecule has 0 saturated heterocycles. The minimum Gasteiger partial charge on any atom is -0.344 e. The normalized spacial score (nSPS) is 14.3. The van der Waals surface area contributed by atoms with Gasteiger partial charge in [-0.1, -0.05) is 77.9 Å². The quantitative estimate of drug-likeness (QED) is 0.0133. The fourth-order valence-corrected chi connectivity index (χ4v) is 9.45. The molecule has 0 saturated carbocycles. The minimum absolute atomic E-state index is 0. The van der Waals surface area contributed by atoms with Crippen LogP contribution >= 0.6 is 158 Å². The van der Waals surface area contributed by atoms with Crippen LogP contribution in [0.1, 0.15) is 126 Å². The molecule has 106 heavy (non-hydrogen) atoms. The number of ether oxygens (including phenoxy) is 5. The van der Waals surface area contributed by atoms with Crippen molar-refractivity contribution in [3.8, 4) is 0 Å². The van der Waals surface area contributed by atoms with Crippen molar-refractivity contribution >= 4 is 206 Å². The molecule has 0 fully saturated rings. The van der Waals surface area contributed by atoms with Crippen molar-refractivity contribution in [2.45, 2.75) is 201 Å². The zero-order chi connectivity index (χ0) is 81.8. The Labute approximate surface area is 709 Å². The number of aliphatic hydroxyl groups is 3. The molecule has 0 heterocycles. The van der Waals surface area contributed by atoms with E-state index in [0.29, 0.717) is 19.3 Å². The molecular formula is C66H104F5I9N10O16. The monoisotopic (exact) mass is 2530 g/mol. The predicted molar refractivity (Wildman–Crippen MR) is 477 cm³/mol. The maximum Gasteiger partial charge on any atom is -0.344 e. The van der Waals surface area contributed by atoms with Gasteiger partial charge in [0.15, 0.2) is 0 Å². The first-order valence-electron chi connectivity index (χ1n) is 31.9. The number of rotatable bonds is 29. The zero-order valence-corrected chi connectivity index (χ0v) is 81.4. The number of primary amides is 1. The number of aliphatic hydroxyl groups excluding tert-OH is 3. The Balaban J connectivity index is -0.00000135. The number of halogens is 14. The molecule has 26 nitrogen and oxygen atoms in total. The fraction of sp³-hybridized carbons (Fsp3) is 0.606. The number of hydrogen-bond donors (Lipinski definition) is 13. The van der Waals surface area contributed by atoms with Gasteiger partial charge in [0.1, 0.15) is 29.3 Å². The topological polar surface area (TPSA) is 401 Å². The minimum atomic E-state index is -4.77. The molecular weight excluding hydrogens is 2430 g/mol. The molecule has 612 valence electrons. The van der Waals surface area contributed by atoms with Crippen molar-refractivity contribution in [2.24, 2.45) is 22.0 Å². The van der Waals surface area contributed by atoms with E-state index in [2.05, 4.69) is 194 Å². The molecule has 9 atom stereocenters. The second-order valence-corrected chi connectivity index (χ2v) is 128. The van der Waals surface area contributed by atoms with Crippen LogP contribution < -0.4 is 54.6 Å². The molecule has 16 N–H and O–H groups in total. The van der Waals surface area contributed by atoms with Gasteiger partial charge in [-0.05, 0) is 208 Å². The Morgan fingerprint density at radius 1 is 0.462 bits per heavy atom. The van der Waals surface area contributed by atoms with Gasteiger partial charge in [0.05, 0.1) is 76.5 Å². The summed E-state index contributed by atoms with van der Waals surface area (Å²) in [6, 6.07) is 16.7. The average Bonchev–Trinajstić information content (AvgIpc) is 0.790. The molecule has 0 aliphatic heterocycles. The van der Waals surface area contributed by atoms with Crippen molar-refractivity contribution in [3.05, 3.63) is 100 Å². The van der Waals surface area contributed by atoms with E-state index in [1.54, 1.807) is 27.7 Å². The molecule has 40 heteroatoms. The molecule has 3 rings (SSSR count). The molecule has 0 aliphatic rings. The van der Waals surface area contributed by atoms with Crippen LogP contribution in [0.5, 0.6) is 0 Å². The van der Waals surface area contributed by atoms with Crippen molar-refractivity contribution in [2.75, 3.05) is 41.2 Å². The van der Waals surface area contributed by atoms with E-state index < -0.39 is 144 Å². The summed E-state index contributed by atoms with van der Waals surface area (Å²) in [6.45, 7) is 20.0. The molecule has 3 aromatic rings. The maximum absolute atomic E-state index is 13.5. The molecule has 0 bridgehead atoms. The summed E-state index contributed by atoms with van der Waals surface area (Å²) in [5.74, 6) is -2.57. The van der Waals surface area contributed by atoms with E-state index in [0.717, 1.165) is 62.6 Å². The van der Waals surface area contributed by atoms with Crippen LogP contribution in [-0.4, -0.2) is 177 Å². The van der Waals surface area contributed by atoms with E-state index in [1.165, 1.54) is 27.7 Å². The number of methoxy groups -OCH3 is 3. The molecule has 0 spiro atoms. The number of alkyl carbamates (subject to hydrolysis) is 5. The summed E-state index contributed by atoms with van der Waals surface area (Å²) in [5, 5.41) is 45.6. The van der Waals surface area contributed by atoms with Crippen LogP contribution in [0.3, 0.4) is 0 Å². The summed E-state index contributed by atoms with van der Waals surface area (Å²) < 4.78 is 93.5. The smallest absolute Gasteiger partial charge is 0.344 e. The van der Waals surface area contributed by atoms with Crippen molar-refractivity contribution in [1.29, 1.82) is 0 Å². The number of hydrazine groups is 1. The third-order valence-electron chi connectivity index (χ3n) is 14.5. The maximum atomic E-state index is 13.5. The van der Waals surface area contributed by atoms with Gasteiger partial charge in [0.25, 0.3) is 5.91 Å². The van der Waals surface area contributed by atoms with Gasteiger partial charge in [-0.15, -0.1) is 0 Å². The third-order valence-corrected chi connectivity index (χ3v) is 182. The Kier molecular flexibility index (Phi) is 54.8. The van der Waals surface area contributed by atoms with Crippen LogP contribution in [0, 0.1) is 27.0 Å². The largest absolute Gasteiger partial charge is 0.344 e. The summed E-state index contributed by atoms with van der Waals surface area (Å²) >= 11 is 17.1. The first-order chi connectivity index (χ1) is 48.2. The van der Waals surface area contributed by atoms with E-state index >= 15 is 0 Å². The Morgan fingerprint density at radius 3 is 1.03 bits per heavy atom. The second-order valence-electron chi connectivity index (χ2n) is 26.9. The van der Waals surface area contributed by atoms with Crippen molar-refractivity contribution < 1.29 is 99.3 Å². The Bertz CT molecular complexity index is 3110. The molecule has 0 aromatic heterocycles. The SMILES string of the molecule is CC[C@H](O)[C@H](Cc1ccc(I)cc1)NC(=O)OC(C)(C)C.CC[C@H](O)[C@H](Cc1ccc(I)cc1)NC(=O)[C@@H](NC(=O)OC)C(C)(C)C(F)(F)F.COC(=O)N[C@H](C(=O)NNC[C@H](O)[C@H](Cc1ccc(I)cc1)NC(=O)OC(C)(C)C)C(C)(C)CF.COC(=O)N[C@H](C(N)=O)C(C)(C)CF.II(I)I(I)I.N.